The average molecular weight is 541 g/mol. The fourth-order valence-electron chi connectivity index (χ4n) is 3.99. The van der Waals surface area contributed by atoms with Gasteiger partial charge in [-0.3, -0.25) is 18.7 Å². The van der Waals surface area contributed by atoms with E-state index in [1.54, 1.807) is 14.0 Å². The fraction of sp³-hybridized carbons (Fsp3) is 0.308. The third-order valence-electron chi connectivity index (χ3n) is 5.78. The summed E-state index contributed by atoms with van der Waals surface area (Å²) in [5.41, 5.74) is 2.64. The number of ether oxygens (including phenoxy) is 1. The molecule has 188 valence electrons. The van der Waals surface area contributed by atoms with Gasteiger partial charge in [0.25, 0.3) is 5.56 Å². The molecule has 2 aromatic carbocycles. The Labute approximate surface area is 223 Å². The van der Waals surface area contributed by atoms with Crippen LogP contribution in [0.1, 0.15) is 26.3 Å². The van der Waals surface area contributed by atoms with Crippen LogP contribution in [-0.4, -0.2) is 50.4 Å². The van der Waals surface area contributed by atoms with E-state index in [-0.39, 0.29) is 17.2 Å². The van der Waals surface area contributed by atoms with Gasteiger partial charge in [0.15, 0.2) is 14.8 Å². The molecule has 2 aromatic heterocycles. The Morgan fingerprint density at radius 2 is 1.72 bits per heavy atom. The van der Waals surface area contributed by atoms with Crippen molar-refractivity contribution in [2.45, 2.75) is 32.9 Å². The fourth-order valence-corrected chi connectivity index (χ4v) is 6.17. The highest BCUT2D eigenvalue weighted by Gasteiger charge is 2.22. The summed E-state index contributed by atoms with van der Waals surface area (Å²) < 4.78 is 10.2. The molecule has 0 aliphatic rings. The number of carbonyl (C=O) groups excluding carboxylic acids is 1. The van der Waals surface area contributed by atoms with Gasteiger partial charge in [-0.2, -0.15) is 0 Å². The summed E-state index contributed by atoms with van der Waals surface area (Å²) in [7, 11) is 0. The van der Waals surface area contributed by atoms with E-state index < -0.39 is 0 Å². The number of para-hydroxylation sites is 3. The molecular weight excluding hydrogens is 513 g/mol. The molecule has 0 aliphatic carbocycles. The first-order valence-corrected chi connectivity index (χ1v) is 14.0. The van der Waals surface area contributed by atoms with E-state index in [0.29, 0.717) is 44.9 Å². The molecule has 7 nitrogen and oxygen atoms in total. The lowest BCUT2D eigenvalue weighted by Gasteiger charge is -2.19. The van der Waals surface area contributed by atoms with Crippen molar-refractivity contribution in [3.05, 3.63) is 68.4 Å². The highest BCUT2D eigenvalue weighted by Crippen LogP contribution is 2.31. The van der Waals surface area contributed by atoms with Gasteiger partial charge in [-0.25, -0.2) is 4.98 Å². The number of thiazole rings is 1. The van der Waals surface area contributed by atoms with Crippen LogP contribution in [0.4, 0.5) is 0 Å². The lowest BCUT2D eigenvalue weighted by Crippen LogP contribution is -2.32. The normalized spacial score (nSPS) is 11.1. The first-order valence-electron chi connectivity index (χ1n) is 11.8. The summed E-state index contributed by atoms with van der Waals surface area (Å²) in [6.07, 6.45) is 0. The Hall–Kier alpha value is -2.95. The van der Waals surface area contributed by atoms with Crippen LogP contribution in [0.15, 0.2) is 58.5 Å². The Morgan fingerprint density at radius 3 is 2.39 bits per heavy atom. The molecule has 2 heterocycles. The van der Waals surface area contributed by atoms with Crippen molar-refractivity contribution in [3.8, 4) is 17.1 Å². The van der Waals surface area contributed by atoms with Crippen molar-refractivity contribution in [1.82, 2.24) is 19.0 Å². The summed E-state index contributed by atoms with van der Waals surface area (Å²) in [6.45, 7) is 9.53. The molecular formula is C26H28N4O3S3. The molecule has 1 amide bonds. The van der Waals surface area contributed by atoms with E-state index >= 15 is 0 Å². The van der Waals surface area contributed by atoms with E-state index in [1.807, 2.05) is 76.2 Å². The summed E-state index contributed by atoms with van der Waals surface area (Å²) in [5.74, 6) is 0.831. The smallest absolute Gasteiger partial charge is 0.278 e. The summed E-state index contributed by atoms with van der Waals surface area (Å²) in [5, 5.41) is 0.442. The maximum Gasteiger partial charge on any atom is 0.278 e. The van der Waals surface area contributed by atoms with Gasteiger partial charge < -0.3 is 9.64 Å². The summed E-state index contributed by atoms with van der Waals surface area (Å²) in [4.78, 5) is 33.5. The molecule has 0 saturated carbocycles. The zero-order valence-corrected chi connectivity index (χ0v) is 23.1. The Kier molecular flexibility index (Phi) is 8.28. The molecule has 4 aromatic rings. The third-order valence-corrected chi connectivity index (χ3v) is 8.05. The predicted molar refractivity (Wildman–Crippen MR) is 150 cm³/mol. The van der Waals surface area contributed by atoms with E-state index in [0.717, 1.165) is 16.9 Å². The minimum Gasteiger partial charge on any atom is -0.492 e. The highest BCUT2D eigenvalue weighted by atomic mass is 32.2. The van der Waals surface area contributed by atoms with E-state index in [4.69, 9.17) is 21.9 Å². The van der Waals surface area contributed by atoms with Crippen molar-refractivity contribution >= 4 is 51.6 Å². The van der Waals surface area contributed by atoms with Gasteiger partial charge >= 0.3 is 0 Å². The third kappa shape index (κ3) is 4.98. The van der Waals surface area contributed by atoms with Crippen LogP contribution in [0.3, 0.4) is 0 Å². The average Bonchev–Trinajstić information content (AvgIpc) is 3.21. The number of carbonyl (C=O) groups is 1. The molecule has 0 bridgehead atoms. The summed E-state index contributed by atoms with van der Waals surface area (Å²) in [6, 6.07) is 15.2. The number of thioether (sulfide) groups is 1. The van der Waals surface area contributed by atoms with Crippen molar-refractivity contribution in [2.75, 3.05) is 25.4 Å². The first-order chi connectivity index (χ1) is 17.4. The number of benzene rings is 2. The van der Waals surface area contributed by atoms with Crippen LogP contribution >= 0.6 is 35.3 Å². The summed E-state index contributed by atoms with van der Waals surface area (Å²) >= 11 is 8.20. The maximum absolute atomic E-state index is 13.9. The van der Waals surface area contributed by atoms with Crippen molar-refractivity contribution < 1.29 is 9.53 Å². The number of rotatable bonds is 9. The number of nitrogens with zero attached hydrogens (tertiary/aromatic N) is 4. The highest BCUT2D eigenvalue weighted by molar-refractivity contribution is 7.99. The number of aromatic nitrogens is 3. The number of hydrogen-bond donors (Lipinski definition) is 0. The van der Waals surface area contributed by atoms with E-state index in [2.05, 4.69) is 0 Å². The van der Waals surface area contributed by atoms with Gasteiger partial charge in [0.1, 0.15) is 10.4 Å². The molecule has 0 N–H and O–H groups in total. The van der Waals surface area contributed by atoms with Crippen LogP contribution in [0.2, 0.25) is 0 Å². The number of amides is 1. The van der Waals surface area contributed by atoms with Crippen LogP contribution in [0.25, 0.3) is 21.7 Å². The molecule has 0 aliphatic heterocycles. The Bertz CT molecular complexity index is 1520. The molecule has 36 heavy (non-hydrogen) atoms. The molecule has 10 heteroatoms. The van der Waals surface area contributed by atoms with E-state index in [1.165, 1.54) is 23.1 Å². The van der Waals surface area contributed by atoms with Crippen LogP contribution in [0.5, 0.6) is 5.75 Å². The van der Waals surface area contributed by atoms with Crippen molar-refractivity contribution in [2.24, 2.45) is 0 Å². The topological polar surface area (TPSA) is 69.4 Å². The molecule has 0 spiro atoms. The van der Waals surface area contributed by atoms with Crippen LogP contribution in [-0.2, 0) is 4.79 Å². The van der Waals surface area contributed by atoms with Crippen LogP contribution in [0, 0.1) is 10.9 Å². The van der Waals surface area contributed by atoms with Gasteiger partial charge in [0.2, 0.25) is 5.91 Å². The first kappa shape index (κ1) is 26.1. The second kappa shape index (κ2) is 11.4. The quantitative estimate of drug-likeness (QED) is 0.156. The minimum atomic E-state index is -0.212. The second-order valence-corrected chi connectivity index (χ2v) is 10.5. The van der Waals surface area contributed by atoms with Gasteiger partial charge in [0.05, 0.1) is 23.7 Å². The molecule has 0 fully saturated rings. The lowest BCUT2D eigenvalue weighted by atomic mass is 10.2. The zero-order valence-electron chi connectivity index (χ0n) is 20.7. The Balaban J connectivity index is 1.96. The largest absolute Gasteiger partial charge is 0.492 e. The van der Waals surface area contributed by atoms with Gasteiger partial charge in [-0.05, 0) is 63.7 Å². The molecule has 0 radical (unpaired) electrons. The minimum absolute atomic E-state index is 0.000440. The lowest BCUT2D eigenvalue weighted by molar-refractivity contribution is -0.127. The molecule has 4 rings (SSSR count). The number of hydrogen-bond acceptors (Lipinski definition) is 7. The zero-order chi connectivity index (χ0) is 25.8. The Morgan fingerprint density at radius 1 is 1.06 bits per heavy atom. The van der Waals surface area contributed by atoms with Crippen molar-refractivity contribution in [3.63, 3.8) is 0 Å². The molecule has 0 saturated heterocycles. The monoisotopic (exact) mass is 540 g/mol. The maximum atomic E-state index is 13.9. The van der Waals surface area contributed by atoms with Gasteiger partial charge in [0, 0.05) is 13.1 Å². The SMILES string of the molecule is CCOc1ccccc1-n1c(=S)sc2c(=O)n(-c3ccccc3C)c(SCC(=O)N(CC)CC)nc21. The van der Waals surface area contributed by atoms with Gasteiger partial charge in [-0.15, -0.1) is 0 Å². The standard InChI is InChI=1S/C26H28N4O3S3/c1-5-28(6-2)21(31)16-35-25-27-23-22(24(32)30(25)18-13-9-8-12-17(18)4)36-26(34)29(23)19-14-10-11-15-20(19)33-7-3/h8-15H,5-7,16H2,1-4H3. The van der Waals surface area contributed by atoms with Crippen molar-refractivity contribution in [1.29, 1.82) is 0 Å². The van der Waals surface area contributed by atoms with Gasteiger partial charge in [-0.1, -0.05) is 53.4 Å². The van der Waals surface area contributed by atoms with E-state index in [9.17, 15) is 9.59 Å². The number of fused-ring (bicyclic) bond motifs is 1. The predicted octanol–water partition coefficient (Wildman–Crippen LogP) is 5.64. The second-order valence-electron chi connectivity index (χ2n) is 7.93. The molecule has 0 unspecified atom stereocenters. The number of aryl methyl sites for hydroxylation is 1. The molecule has 0 atom stereocenters. The van der Waals surface area contributed by atoms with Crippen LogP contribution < -0.4 is 10.3 Å².